The molecule has 0 aliphatic heterocycles. The van der Waals surface area contributed by atoms with Gasteiger partial charge >= 0.3 is 6.03 Å². The second-order valence-electron chi connectivity index (χ2n) is 4.91. The maximum absolute atomic E-state index is 11.9. The Bertz CT molecular complexity index is 758. The molecule has 0 saturated heterocycles. The van der Waals surface area contributed by atoms with Gasteiger partial charge in [0.25, 0.3) is 0 Å². The molecule has 0 bridgehead atoms. The van der Waals surface area contributed by atoms with E-state index in [1.54, 1.807) is 36.5 Å². The monoisotopic (exact) mass is 353 g/mol. The molecule has 124 valence electrons. The SMILES string of the molecule is CNS(=O)(=O)c1cccc(C(C)NC(=O)NCc2cccs2)c1. The Morgan fingerprint density at radius 1 is 1.26 bits per heavy atom. The predicted octanol–water partition coefficient (Wildman–Crippen LogP) is 2.22. The molecule has 0 aliphatic carbocycles. The number of carbonyl (C=O) groups excluding carboxylic acids is 1. The largest absolute Gasteiger partial charge is 0.333 e. The van der Waals surface area contributed by atoms with Crippen LogP contribution in [0.4, 0.5) is 4.79 Å². The molecule has 23 heavy (non-hydrogen) atoms. The van der Waals surface area contributed by atoms with E-state index in [2.05, 4.69) is 15.4 Å². The average Bonchev–Trinajstić information content (AvgIpc) is 3.06. The third-order valence-corrected chi connectivity index (χ3v) is 5.58. The van der Waals surface area contributed by atoms with E-state index in [0.717, 1.165) is 4.88 Å². The van der Waals surface area contributed by atoms with E-state index < -0.39 is 10.0 Å². The smallest absolute Gasteiger partial charge is 0.315 e. The zero-order valence-electron chi connectivity index (χ0n) is 12.9. The summed E-state index contributed by atoms with van der Waals surface area (Å²) in [6.07, 6.45) is 0. The number of urea groups is 1. The minimum absolute atomic E-state index is 0.171. The average molecular weight is 353 g/mol. The van der Waals surface area contributed by atoms with Crippen molar-refractivity contribution in [1.29, 1.82) is 0 Å². The normalized spacial score (nSPS) is 12.6. The van der Waals surface area contributed by atoms with Crippen molar-refractivity contribution in [2.45, 2.75) is 24.4 Å². The van der Waals surface area contributed by atoms with Crippen LogP contribution in [-0.4, -0.2) is 21.5 Å². The summed E-state index contributed by atoms with van der Waals surface area (Å²) in [4.78, 5) is 13.1. The highest BCUT2D eigenvalue weighted by atomic mass is 32.2. The van der Waals surface area contributed by atoms with Gasteiger partial charge < -0.3 is 10.6 Å². The molecular formula is C15H19N3O3S2. The van der Waals surface area contributed by atoms with E-state index in [0.29, 0.717) is 12.1 Å². The molecule has 8 heteroatoms. The summed E-state index contributed by atoms with van der Waals surface area (Å²) < 4.78 is 25.9. The quantitative estimate of drug-likeness (QED) is 0.744. The maximum Gasteiger partial charge on any atom is 0.315 e. The van der Waals surface area contributed by atoms with Gasteiger partial charge in [0, 0.05) is 4.88 Å². The fourth-order valence-electron chi connectivity index (χ4n) is 1.98. The van der Waals surface area contributed by atoms with Gasteiger partial charge in [0.05, 0.1) is 17.5 Å². The van der Waals surface area contributed by atoms with Crippen molar-refractivity contribution in [1.82, 2.24) is 15.4 Å². The molecule has 0 spiro atoms. The van der Waals surface area contributed by atoms with Crippen LogP contribution in [0.5, 0.6) is 0 Å². The summed E-state index contributed by atoms with van der Waals surface area (Å²) in [7, 11) is -2.14. The number of thiophene rings is 1. The standard InChI is InChI=1S/C15H19N3O3S2/c1-11(18-15(19)17-10-13-6-4-8-22-13)12-5-3-7-14(9-12)23(20,21)16-2/h3-9,11,16H,10H2,1-2H3,(H2,17,18,19). The lowest BCUT2D eigenvalue weighted by molar-refractivity contribution is 0.237. The number of rotatable bonds is 6. The lowest BCUT2D eigenvalue weighted by Gasteiger charge is -2.16. The highest BCUT2D eigenvalue weighted by molar-refractivity contribution is 7.89. The van der Waals surface area contributed by atoms with Gasteiger partial charge in [-0.1, -0.05) is 18.2 Å². The van der Waals surface area contributed by atoms with Crippen molar-refractivity contribution in [2.75, 3.05) is 7.05 Å². The Morgan fingerprint density at radius 2 is 2.04 bits per heavy atom. The van der Waals surface area contributed by atoms with Gasteiger partial charge in [-0.15, -0.1) is 11.3 Å². The van der Waals surface area contributed by atoms with Gasteiger partial charge in [0.2, 0.25) is 10.0 Å². The van der Waals surface area contributed by atoms with Gasteiger partial charge in [0.1, 0.15) is 0 Å². The summed E-state index contributed by atoms with van der Waals surface area (Å²) in [5.74, 6) is 0. The highest BCUT2D eigenvalue weighted by Crippen LogP contribution is 2.17. The van der Waals surface area contributed by atoms with Crippen molar-refractivity contribution < 1.29 is 13.2 Å². The Labute approximate surface area is 140 Å². The van der Waals surface area contributed by atoms with E-state index in [-0.39, 0.29) is 17.0 Å². The van der Waals surface area contributed by atoms with Crippen LogP contribution < -0.4 is 15.4 Å². The minimum Gasteiger partial charge on any atom is -0.333 e. The number of amides is 2. The molecule has 1 heterocycles. The van der Waals surface area contributed by atoms with Crippen molar-refractivity contribution >= 4 is 27.4 Å². The van der Waals surface area contributed by atoms with Crippen LogP contribution in [0.15, 0.2) is 46.7 Å². The van der Waals surface area contributed by atoms with Crippen molar-refractivity contribution in [2.24, 2.45) is 0 Å². The van der Waals surface area contributed by atoms with Crippen LogP contribution in [0.3, 0.4) is 0 Å². The lowest BCUT2D eigenvalue weighted by Crippen LogP contribution is -2.36. The molecule has 0 saturated carbocycles. The molecule has 2 rings (SSSR count). The van der Waals surface area contributed by atoms with E-state index in [4.69, 9.17) is 0 Å². The minimum atomic E-state index is -3.50. The topological polar surface area (TPSA) is 87.3 Å². The molecule has 2 aromatic rings. The fourth-order valence-corrected chi connectivity index (χ4v) is 3.41. The molecule has 1 unspecified atom stereocenters. The summed E-state index contributed by atoms with van der Waals surface area (Å²) in [6, 6.07) is 9.75. The second kappa shape index (κ2) is 7.58. The van der Waals surface area contributed by atoms with Gasteiger partial charge in [-0.25, -0.2) is 17.9 Å². The van der Waals surface area contributed by atoms with Crippen molar-refractivity contribution in [3.05, 3.63) is 52.2 Å². The van der Waals surface area contributed by atoms with E-state index in [9.17, 15) is 13.2 Å². The number of benzene rings is 1. The van der Waals surface area contributed by atoms with Crippen LogP contribution in [-0.2, 0) is 16.6 Å². The Hall–Kier alpha value is -1.90. The summed E-state index contributed by atoms with van der Waals surface area (Å²) in [6.45, 7) is 2.26. The first kappa shape index (κ1) is 17.5. The van der Waals surface area contributed by atoms with Crippen LogP contribution in [0.2, 0.25) is 0 Å². The third kappa shape index (κ3) is 4.78. The molecule has 6 nitrogen and oxygen atoms in total. The van der Waals surface area contributed by atoms with Gasteiger partial charge in [-0.05, 0) is 43.1 Å². The molecule has 0 radical (unpaired) electrons. The van der Waals surface area contributed by atoms with E-state index in [1.165, 1.54) is 13.1 Å². The van der Waals surface area contributed by atoms with Gasteiger partial charge in [0.15, 0.2) is 0 Å². The molecule has 2 amide bonds. The predicted molar refractivity (Wildman–Crippen MR) is 90.8 cm³/mol. The first-order chi connectivity index (χ1) is 10.9. The molecule has 3 N–H and O–H groups in total. The van der Waals surface area contributed by atoms with Crippen molar-refractivity contribution in [3.8, 4) is 0 Å². The molecule has 0 fully saturated rings. The second-order valence-corrected chi connectivity index (χ2v) is 7.83. The number of hydrogen-bond donors (Lipinski definition) is 3. The summed E-state index contributed by atoms with van der Waals surface area (Å²) >= 11 is 1.57. The summed E-state index contributed by atoms with van der Waals surface area (Å²) in [5, 5.41) is 7.52. The molecular weight excluding hydrogens is 334 g/mol. The first-order valence-electron chi connectivity index (χ1n) is 7.02. The number of carbonyl (C=O) groups is 1. The Balaban J connectivity index is 1.98. The number of nitrogens with one attached hydrogen (secondary N) is 3. The number of sulfonamides is 1. The fraction of sp³-hybridized carbons (Fsp3) is 0.267. The van der Waals surface area contributed by atoms with Crippen LogP contribution in [0, 0.1) is 0 Å². The van der Waals surface area contributed by atoms with Gasteiger partial charge in [-0.2, -0.15) is 0 Å². The third-order valence-electron chi connectivity index (χ3n) is 3.29. The highest BCUT2D eigenvalue weighted by Gasteiger charge is 2.15. The van der Waals surface area contributed by atoms with Crippen molar-refractivity contribution in [3.63, 3.8) is 0 Å². The van der Waals surface area contributed by atoms with E-state index >= 15 is 0 Å². The number of hydrogen-bond acceptors (Lipinski definition) is 4. The Kier molecular flexibility index (Phi) is 5.75. The molecule has 1 aromatic carbocycles. The molecule has 1 atom stereocenters. The molecule has 1 aromatic heterocycles. The van der Waals surface area contributed by atoms with Crippen LogP contribution in [0.25, 0.3) is 0 Å². The first-order valence-corrected chi connectivity index (χ1v) is 9.39. The van der Waals surface area contributed by atoms with Crippen LogP contribution >= 0.6 is 11.3 Å². The zero-order valence-corrected chi connectivity index (χ0v) is 14.5. The van der Waals surface area contributed by atoms with Gasteiger partial charge in [-0.3, -0.25) is 0 Å². The zero-order chi connectivity index (χ0) is 16.9. The van der Waals surface area contributed by atoms with Crippen LogP contribution in [0.1, 0.15) is 23.4 Å². The molecule has 0 aliphatic rings. The maximum atomic E-state index is 11.9. The van der Waals surface area contributed by atoms with E-state index in [1.807, 2.05) is 17.5 Å². The summed E-state index contributed by atoms with van der Waals surface area (Å²) in [5.41, 5.74) is 0.715. The Morgan fingerprint density at radius 3 is 2.70 bits per heavy atom. The lowest BCUT2D eigenvalue weighted by atomic mass is 10.1.